The molecule has 136 valence electrons. The summed E-state index contributed by atoms with van der Waals surface area (Å²) in [5, 5.41) is 6.46. The smallest absolute Gasteiger partial charge is 0.260 e. The lowest BCUT2D eigenvalue weighted by Gasteiger charge is -2.32. The van der Waals surface area contributed by atoms with E-state index in [-0.39, 0.29) is 30.4 Å². The van der Waals surface area contributed by atoms with Crippen molar-refractivity contribution >= 4 is 11.8 Å². The van der Waals surface area contributed by atoms with Gasteiger partial charge >= 0.3 is 0 Å². The molecular weight excluding hydrogens is 318 g/mol. The standard InChI is InChI=1S/C19H27N3O3/c23-18(14-25-17-6-2-1-3-7-17)22-11-8-15(9-12-22)19(24)21-16-5-4-10-20-13-16/h1-3,6-7,15-16,20H,4-5,8-14H2,(H,21,24). The number of nitrogens with one attached hydrogen (secondary N) is 2. The second-order valence-corrected chi connectivity index (χ2v) is 6.81. The molecule has 6 nitrogen and oxygen atoms in total. The summed E-state index contributed by atoms with van der Waals surface area (Å²) in [4.78, 5) is 26.4. The van der Waals surface area contributed by atoms with Gasteiger partial charge in [0.15, 0.2) is 6.61 Å². The molecule has 0 spiro atoms. The van der Waals surface area contributed by atoms with E-state index in [0.717, 1.165) is 38.8 Å². The van der Waals surface area contributed by atoms with Crippen molar-refractivity contribution in [2.24, 2.45) is 5.92 Å². The Morgan fingerprint density at radius 3 is 2.60 bits per heavy atom. The molecule has 1 unspecified atom stereocenters. The molecule has 2 saturated heterocycles. The fourth-order valence-electron chi connectivity index (χ4n) is 3.44. The third-order valence-electron chi connectivity index (χ3n) is 4.97. The van der Waals surface area contributed by atoms with E-state index in [1.807, 2.05) is 30.3 Å². The summed E-state index contributed by atoms with van der Waals surface area (Å²) in [7, 11) is 0. The zero-order valence-electron chi connectivity index (χ0n) is 14.6. The topological polar surface area (TPSA) is 70.7 Å². The van der Waals surface area contributed by atoms with Crippen molar-refractivity contribution in [2.45, 2.75) is 31.7 Å². The lowest BCUT2D eigenvalue weighted by atomic mass is 9.95. The Hall–Kier alpha value is -2.08. The van der Waals surface area contributed by atoms with Crippen LogP contribution in [0.4, 0.5) is 0 Å². The molecule has 25 heavy (non-hydrogen) atoms. The van der Waals surface area contributed by atoms with Gasteiger partial charge in [-0.2, -0.15) is 0 Å². The maximum absolute atomic E-state index is 12.4. The molecule has 2 N–H and O–H groups in total. The van der Waals surface area contributed by atoms with E-state index in [1.54, 1.807) is 4.90 Å². The van der Waals surface area contributed by atoms with Gasteiger partial charge < -0.3 is 20.3 Å². The molecule has 0 radical (unpaired) electrons. The van der Waals surface area contributed by atoms with Crippen LogP contribution in [-0.4, -0.2) is 55.5 Å². The highest BCUT2D eigenvalue weighted by atomic mass is 16.5. The Balaban J connectivity index is 1.38. The van der Waals surface area contributed by atoms with Gasteiger partial charge in [-0.25, -0.2) is 0 Å². The Kier molecular flexibility index (Phi) is 6.28. The fourth-order valence-corrected chi connectivity index (χ4v) is 3.44. The lowest BCUT2D eigenvalue weighted by molar-refractivity contribution is -0.137. The van der Waals surface area contributed by atoms with Crippen molar-refractivity contribution in [3.63, 3.8) is 0 Å². The summed E-state index contributed by atoms with van der Waals surface area (Å²) in [6.07, 6.45) is 3.61. The van der Waals surface area contributed by atoms with E-state index in [4.69, 9.17) is 4.74 Å². The number of benzene rings is 1. The number of piperidine rings is 2. The lowest BCUT2D eigenvalue weighted by Crippen LogP contribution is -2.50. The number of rotatable bonds is 5. The van der Waals surface area contributed by atoms with Crippen molar-refractivity contribution < 1.29 is 14.3 Å². The van der Waals surface area contributed by atoms with Crippen LogP contribution in [0.5, 0.6) is 5.75 Å². The van der Waals surface area contributed by atoms with Crippen molar-refractivity contribution in [1.82, 2.24) is 15.5 Å². The molecule has 3 rings (SSSR count). The second kappa shape index (κ2) is 8.85. The third kappa shape index (κ3) is 5.19. The van der Waals surface area contributed by atoms with Crippen molar-refractivity contribution in [3.05, 3.63) is 30.3 Å². The quantitative estimate of drug-likeness (QED) is 0.840. The van der Waals surface area contributed by atoms with E-state index >= 15 is 0 Å². The van der Waals surface area contributed by atoms with Crippen LogP contribution < -0.4 is 15.4 Å². The Morgan fingerprint density at radius 2 is 1.92 bits per heavy atom. The molecule has 0 bridgehead atoms. The van der Waals surface area contributed by atoms with Crippen LogP contribution in [0.1, 0.15) is 25.7 Å². The van der Waals surface area contributed by atoms with Gasteiger partial charge in [0.05, 0.1) is 0 Å². The monoisotopic (exact) mass is 345 g/mol. The summed E-state index contributed by atoms with van der Waals surface area (Å²) in [6, 6.07) is 9.60. The fraction of sp³-hybridized carbons (Fsp3) is 0.579. The first kappa shape index (κ1) is 17.7. The van der Waals surface area contributed by atoms with Gasteiger partial charge in [0.2, 0.25) is 5.91 Å². The molecule has 2 aliphatic heterocycles. The largest absolute Gasteiger partial charge is 0.484 e. The van der Waals surface area contributed by atoms with Crippen LogP contribution in [0.15, 0.2) is 30.3 Å². The third-order valence-corrected chi connectivity index (χ3v) is 4.97. The number of hydrogen-bond acceptors (Lipinski definition) is 4. The molecule has 1 aromatic rings. The molecular formula is C19H27N3O3. The first-order valence-electron chi connectivity index (χ1n) is 9.19. The van der Waals surface area contributed by atoms with E-state index in [2.05, 4.69) is 10.6 Å². The summed E-state index contributed by atoms with van der Waals surface area (Å²) in [5.41, 5.74) is 0. The van der Waals surface area contributed by atoms with Crippen molar-refractivity contribution in [2.75, 3.05) is 32.8 Å². The molecule has 2 heterocycles. The molecule has 2 aliphatic rings. The normalized spacial score (nSPS) is 21.6. The Bertz CT molecular complexity index is 565. The zero-order chi connectivity index (χ0) is 17.5. The number of carbonyl (C=O) groups is 2. The average molecular weight is 345 g/mol. The molecule has 2 fully saturated rings. The molecule has 0 saturated carbocycles. The molecule has 1 atom stereocenters. The summed E-state index contributed by atoms with van der Waals surface area (Å²) >= 11 is 0. The number of ether oxygens (including phenoxy) is 1. The van der Waals surface area contributed by atoms with Crippen LogP contribution in [0.25, 0.3) is 0 Å². The minimum absolute atomic E-state index is 0.0146. The van der Waals surface area contributed by atoms with E-state index in [1.165, 1.54) is 0 Å². The number of para-hydroxylation sites is 1. The average Bonchev–Trinajstić information content (AvgIpc) is 2.68. The molecule has 0 aromatic heterocycles. The first-order chi connectivity index (χ1) is 12.2. The Morgan fingerprint density at radius 1 is 1.16 bits per heavy atom. The van der Waals surface area contributed by atoms with E-state index in [9.17, 15) is 9.59 Å². The van der Waals surface area contributed by atoms with Gasteiger partial charge in [0.25, 0.3) is 5.91 Å². The van der Waals surface area contributed by atoms with Gasteiger partial charge in [0.1, 0.15) is 5.75 Å². The number of hydrogen-bond donors (Lipinski definition) is 2. The predicted octanol–water partition coefficient (Wildman–Crippen LogP) is 1.17. The van der Waals surface area contributed by atoms with Crippen LogP contribution in [0, 0.1) is 5.92 Å². The number of carbonyl (C=O) groups excluding carboxylic acids is 2. The Labute approximate surface area is 148 Å². The predicted molar refractivity (Wildman–Crippen MR) is 95.3 cm³/mol. The maximum atomic E-state index is 12.4. The molecule has 0 aliphatic carbocycles. The van der Waals surface area contributed by atoms with Gasteiger partial charge in [-0.1, -0.05) is 18.2 Å². The van der Waals surface area contributed by atoms with Crippen molar-refractivity contribution in [1.29, 1.82) is 0 Å². The number of nitrogens with zero attached hydrogens (tertiary/aromatic N) is 1. The zero-order valence-corrected chi connectivity index (χ0v) is 14.6. The van der Waals surface area contributed by atoms with E-state index in [0.29, 0.717) is 18.8 Å². The van der Waals surface area contributed by atoms with Gasteiger partial charge in [-0.05, 0) is 44.4 Å². The van der Waals surface area contributed by atoms with E-state index < -0.39 is 0 Å². The number of likely N-dealkylation sites (tertiary alicyclic amines) is 1. The van der Waals surface area contributed by atoms with Crippen molar-refractivity contribution in [3.8, 4) is 5.75 Å². The minimum atomic E-state index is -0.0146. The van der Waals surface area contributed by atoms with Crippen LogP contribution in [0.2, 0.25) is 0 Å². The SMILES string of the molecule is O=C(NC1CCCNC1)C1CCN(C(=O)COc2ccccc2)CC1. The van der Waals surface area contributed by atoms with Crippen LogP contribution in [-0.2, 0) is 9.59 Å². The molecule has 6 heteroatoms. The van der Waals surface area contributed by atoms with Gasteiger partial charge in [0, 0.05) is 31.6 Å². The maximum Gasteiger partial charge on any atom is 0.260 e. The van der Waals surface area contributed by atoms with Gasteiger partial charge in [-0.3, -0.25) is 9.59 Å². The molecule has 2 amide bonds. The van der Waals surface area contributed by atoms with Crippen LogP contribution in [0.3, 0.4) is 0 Å². The summed E-state index contributed by atoms with van der Waals surface area (Å²) < 4.78 is 5.52. The second-order valence-electron chi connectivity index (χ2n) is 6.81. The number of amides is 2. The summed E-state index contributed by atoms with van der Waals surface area (Å²) in [5.74, 6) is 0.841. The highest BCUT2D eigenvalue weighted by molar-refractivity contribution is 5.80. The minimum Gasteiger partial charge on any atom is -0.484 e. The van der Waals surface area contributed by atoms with Crippen LogP contribution >= 0.6 is 0 Å². The first-order valence-corrected chi connectivity index (χ1v) is 9.19. The summed E-state index contributed by atoms with van der Waals surface area (Å²) in [6.45, 7) is 3.20. The van der Waals surface area contributed by atoms with Gasteiger partial charge in [-0.15, -0.1) is 0 Å². The highest BCUT2D eigenvalue weighted by Gasteiger charge is 2.28. The highest BCUT2D eigenvalue weighted by Crippen LogP contribution is 2.18. The molecule has 1 aromatic carbocycles.